The minimum Gasteiger partial charge on any atom is -0.269 e. The van der Waals surface area contributed by atoms with Crippen molar-refractivity contribution >= 4 is 0 Å². The van der Waals surface area contributed by atoms with E-state index in [9.17, 15) is 0 Å². The summed E-state index contributed by atoms with van der Waals surface area (Å²) < 4.78 is 0. The van der Waals surface area contributed by atoms with Gasteiger partial charge in [-0.05, 0) is 13.8 Å². The highest BCUT2D eigenvalue weighted by atomic mass is 15.4. The number of hydrazine groups is 1. The van der Waals surface area contributed by atoms with Gasteiger partial charge in [0.1, 0.15) is 0 Å². The van der Waals surface area contributed by atoms with Gasteiger partial charge in [0, 0.05) is 13.1 Å². The first-order chi connectivity index (χ1) is 2.64. The van der Waals surface area contributed by atoms with Crippen LogP contribution < -0.4 is 5.84 Å². The zero-order valence-electron chi connectivity index (χ0n) is 4.60. The molecule has 0 rings (SSSR count). The lowest BCUT2D eigenvalue weighted by molar-refractivity contribution is 0.284. The molecule has 0 aliphatic heterocycles. The summed E-state index contributed by atoms with van der Waals surface area (Å²) in [5.74, 6) is 5.27. The number of hydrogen-bond donors (Lipinski definition) is 1. The van der Waals surface area contributed by atoms with Gasteiger partial charge >= 0.3 is 0 Å². The quantitative estimate of drug-likeness (QED) is 0.366. The van der Waals surface area contributed by atoms with Crippen molar-refractivity contribution in [2.75, 3.05) is 7.05 Å². The van der Waals surface area contributed by atoms with E-state index in [1.807, 2.05) is 20.9 Å². The Hall–Kier alpha value is -0.0800. The molecule has 0 amide bonds. The second kappa shape index (κ2) is 2.16. The van der Waals surface area contributed by atoms with E-state index in [0.717, 1.165) is 0 Å². The summed E-state index contributed by atoms with van der Waals surface area (Å²) in [6, 6.07) is 0.463. The second-order valence-corrected chi connectivity index (χ2v) is 1.76. The van der Waals surface area contributed by atoms with Gasteiger partial charge in [0.25, 0.3) is 0 Å². The molecule has 0 radical (unpaired) electrons. The molecule has 0 fully saturated rings. The molecule has 0 unspecified atom stereocenters. The fourth-order valence-corrected chi connectivity index (χ4v) is 0. The van der Waals surface area contributed by atoms with Crippen LogP contribution in [0.3, 0.4) is 0 Å². The molecular weight excluding hydrogens is 76.1 g/mol. The maximum absolute atomic E-state index is 5.27. The Kier molecular flexibility index (Phi) is 2.13. The third-order valence-electron chi connectivity index (χ3n) is 0.815. The summed E-state index contributed by atoms with van der Waals surface area (Å²) in [5.41, 5.74) is 0. The Morgan fingerprint density at radius 1 is 1.50 bits per heavy atom. The molecule has 0 saturated carbocycles. The minimum absolute atomic E-state index is 0.463. The van der Waals surface area contributed by atoms with Crippen molar-refractivity contribution < 1.29 is 0 Å². The molecule has 0 aliphatic carbocycles. The Balaban J connectivity index is 2.99. The maximum Gasteiger partial charge on any atom is 0.0181 e. The molecule has 2 nitrogen and oxygen atoms in total. The molecule has 0 aromatic carbocycles. The van der Waals surface area contributed by atoms with Crippen LogP contribution >= 0.6 is 0 Å². The van der Waals surface area contributed by atoms with Gasteiger partial charge in [-0.1, -0.05) is 0 Å². The molecule has 0 atom stereocenters. The average molecular weight is 88.2 g/mol. The van der Waals surface area contributed by atoms with Gasteiger partial charge < -0.3 is 0 Å². The normalized spacial score (nSPS) is 11.0. The number of hydrogen-bond acceptors (Lipinski definition) is 2. The Morgan fingerprint density at radius 2 is 1.67 bits per heavy atom. The van der Waals surface area contributed by atoms with Crippen LogP contribution in [0.15, 0.2) is 0 Å². The van der Waals surface area contributed by atoms with Crippen LogP contribution in [0.25, 0.3) is 0 Å². The summed E-state index contributed by atoms with van der Waals surface area (Å²) in [6.07, 6.45) is 0. The molecule has 0 bridgehead atoms. The molecule has 6 heavy (non-hydrogen) atoms. The molecule has 0 aliphatic rings. The summed E-state index contributed by atoms with van der Waals surface area (Å²) in [4.78, 5) is 0. The first kappa shape index (κ1) is 5.92. The van der Waals surface area contributed by atoms with Crippen molar-refractivity contribution in [2.24, 2.45) is 5.84 Å². The van der Waals surface area contributed by atoms with Crippen molar-refractivity contribution in [3.63, 3.8) is 0 Å². The fourth-order valence-electron chi connectivity index (χ4n) is 0. The van der Waals surface area contributed by atoms with Crippen LogP contribution in [-0.4, -0.2) is 18.1 Å². The van der Waals surface area contributed by atoms with Crippen LogP contribution in [0.4, 0.5) is 0 Å². The smallest absolute Gasteiger partial charge is 0.0181 e. The lowest BCUT2D eigenvalue weighted by Crippen LogP contribution is -2.32. The van der Waals surface area contributed by atoms with E-state index in [4.69, 9.17) is 5.84 Å². The highest BCUT2D eigenvalue weighted by Gasteiger charge is 1.90. The zero-order chi connectivity index (χ0) is 5.15. The van der Waals surface area contributed by atoms with Gasteiger partial charge in [-0.15, -0.1) is 0 Å². The highest BCUT2D eigenvalue weighted by molar-refractivity contribution is 4.43. The van der Waals surface area contributed by atoms with E-state index in [-0.39, 0.29) is 0 Å². The molecule has 2 heteroatoms. The summed E-state index contributed by atoms with van der Waals surface area (Å²) in [6.45, 7) is 4.08. The number of nitrogens with zero attached hydrogens (tertiary/aromatic N) is 1. The standard InChI is InChI=1S/C4H12N2/c1-4(2)6(3)5/h4H,5H2,1-3H3. The van der Waals surface area contributed by atoms with Gasteiger partial charge in [-0.2, -0.15) is 0 Å². The van der Waals surface area contributed by atoms with Crippen molar-refractivity contribution in [1.29, 1.82) is 0 Å². The van der Waals surface area contributed by atoms with Crippen LogP contribution in [-0.2, 0) is 0 Å². The zero-order valence-corrected chi connectivity index (χ0v) is 4.60. The summed E-state index contributed by atoms with van der Waals surface area (Å²) in [7, 11) is 1.85. The Bertz CT molecular complexity index is 26.5. The molecule has 0 spiro atoms. The molecular formula is C4H12N2. The van der Waals surface area contributed by atoms with Crippen LogP contribution in [0.2, 0.25) is 0 Å². The number of nitrogens with two attached hydrogens (primary N) is 1. The highest BCUT2D eigenvalue weighted by Crippen LogP contribution is 1.80. The minimum atomic E-state index is 0.463. The van der Waals surface area contributed by atoms with Crippen molar-refractivity contribution in [2.45, 2.75) is 19.9 Å². The lowest BCUT2D eigenvalue weighted by atomic mass is 10.4. The van der Waals surface area contributed by atoms with Crippen LogP contribution in [0, 0.1) is 0 Å². The summed E-state index contributed by atoms with van der Waals surface area (Å²) in [5, 5.41) is 1.67. The summed E-state index contributed by atoms with van der Waals surface area (Å²) >= 11 is 0. The second-order valence-electron chi connectivity index (χ2n) is 1.76. The maximum atomic E-state index is 5.27. The molecule has 0 aromatic rings. The largest absolute Gasteiger partial charge is 0.269 e. The van der Waals surface area contributed by atoms with Gasteiger partial charge in [-0.3, -0.25) is 5.84 Å². The van der Waals surface area contributed by atoms with Crippen molar-refractivity contribution in [1.82, 2.24) is 5.01 Å². The first-order valence-corrected chi connectivity index (χ1v) is 2.12. The predicted molar refractivity (Wildman–Crippen MR) is 27.1 cm³/mol. The Labute approximate surface area is 38.9 Å². The molecule has 0 heterocycles. The average Bonchev–Trinajstić information content (AvgIpc) is 1.36. The van der Waals surface area contributed by atoms with Gasteiger partial charge in [0.05, 0.1) is 0 Å². The SMILES string of the molecule is CC(C)N(C)N. The number of rotatable bonds is 1. The van der Waals surface area contributed by atoms with Crippen molar-refractivity contribution in [3.8, 4) is 0 Å². The van der Waals surface area contributed by atoms with E-state index in [2.05, 4.69) is 0 Å². The van der Waals surface area contributed by atoms with E-state index < -0.39 is 0 Å². The molecule has 0 saturated heterocycles. The van der Waals surface area contributed by atoms with Crippen molar-refractivity contribution in [3.05, 3.63) is 0 Å². The van der Waals surface area contributed by atoms with Gasteiger partial charge in [0.2, 0.25) is 0 Å². The van der Waals surface area contributed by atoms with Gasteiger partial charge in [0.15, 0.2) is 0 Å². The monoisotopic (exact) mass is 88.1 g/mol. The van der Waals surface area contributed by atoms with E-state index in [1.54, 1.807) is 5.01 Å². The molecule has 38 valence electrons. The van der Waals surface area contributed by atoms with Gasteiger partial charge in [-0.25, -0.2) is 5.01 Å². The molecule has 0 aromatic heterocycles. The van der Waals surface area contributed by atoms with E-state index in [1.165, 1.54) is 0 Å². The Morgan fingerprint density at radius 3 is 1.67 bits per heavy atom. The van der Waals surface area contributed by atoms with Crippen LogP contribution in [0.5, 0.6) is 0 Å². The third-order valence-corrected chi connectivity index (χ3v) is 0.815. The lowest BCUT2D eigenvalue weighted by Gasteiger charge is -2.12. The molecule has 2 N–H and O–H groups in total. The fraction of sp³-hybridized carbons (Fsp3) is 1.00. The van der Waals surface area contributed by atoms with E-state index in [0.29, 0.717) is 6.04 Å². The van der Waals surface area contributed by atoms with Crippen LogP contribution in [0.1, 0.15) is 13.8 Å². The topological polar surface area (TPSA) is 29.3 Å². The first-order valence-electron chi connectivity index (χ1n) is 2.12. The van der Waals surface area contributed by atoms with E-state index >= 15 is 0 Å². The predicted octanol–water partition coefficient (Wildman–Crippen LogP) is 0.200. The third kappa shape index (κ3) is 2.18.